The normalized spacial score (nSPS) is 13.3. The minimum atomic E-state index is -3.69. The standard InChI is InChI=1S/C19H26ClF2N5O3S/c1-12(2)10-15(11-28)23-17-24-16(25-18(26-17)27-31(3,29)30)8-9-19(21,22)13-4-6-14(20)7-5-13/h4-7,12,15,28H,8-11H2,1-3H3,(H2,23,24,25,26,27)/t15-/m1/s1. The SMILES string of the molecule is CC(C)C[C@H](CO)Nc1nc(CCC(F)(F)c2ccc(Cl)cc2)nc(NS(C)(=O)=O)n1. The Hall–Kier alpha value is -2.11. The van der Waals surface area contributed by atoms with Crippen molar-refractivity contribution in [1.29, 1.82) is 0 Å². The second-order valence-corrected chi connectivity index (χ2v) is 9.82. The predicted octanol–water partition coefficient (Wildman–Crippen LogP) is 3.44. The van der Waals surface area contributed by atoms with Crippen LogP contribution in [-0.4, -0.2) is 47.4 Å². The van der Waals surface area contributed by atoms with E-state index in [9.17, 15) is 22.3 Å². The smallest absolute Gasteiger partial charge is 0.273 e. The monoisotopic (exact) mass is 477 g/mol. The van der Waals surface area contributed by atoms with E-state index in [1.54, 1.807) is 0 Å². The van der Waals surface area contributed by atoms with Crippen LogP contribution in [0.4, 0.5) is 20.7 Å². The largest absolute Gasteiger partial charge is 0.394 e. The van der Waals surface area contributed by atoms with Gasteiger partial charge in [-0.15, -0.1) is 0 Å². The van der Waals surface area contributed by atoms with Crippen LogP contribution in [-0.2, 0) is 22.4 Å². The molecule has 0 unspecified atom stereocenters. The van der Waals surface area contributed by atoms with Crippen LogP contribution in [0.25, 0.3) is 0 Å². The number of nitrogens with one attached hydrogen (secondary N) is 2. The zero-order valence-electron chi connectivity index (χ0n) is 17.4. The first kappa shape index (κ1) is 25.2. The fraction of sp³-hybridized carbons (Fsp3) is 0.526. The van der Waals surface area contributed by atoms with Crippen molar-refractivity contribution in [1.82, 2.24) is 15.0 Å². The molecule has 31 heavy (non-hydrogen) atoms. The number of aromatic nitrogens is 3. The number of aliphatic hydroxyl groups excluding tert-OH is 1. The molecule has 8 nitrogen and oxygen atoms in total. The quantitative estimate of drug-likeness (QED) is 0.453. The van der Waals surface area contributed by atoms with Crippen molar-refractivity contribution in [2.24, 2.45) is 5.92 Å². The van der Waals surface area contributed by atoms with E-state index in [1.165, 1.54) is 24.3 Å². The zero-order valence-corrected chi connectivity index (χ0v) is 19.0. The minimum Gasteiger partial charge on any atom is -0.394 e. The van der Waals surface area contributed by atoms with Crippen LogP contribution in [0.1, 0.15) is 38.1 Å². The van der Waals surface area contributed by atoms with Gasteiger partial charge in [-0.3, -0.25) is 4.72 Å². The second kappa shape index (κ2) is 10.5. The molecule has 0 saturated carbocycles. The summed E-state index contributed by atoms with van der Waals surface area (Å²) in [6.07, 6.45) is 0.680. The van der Waals surface area contributed by atoms with Gasteiger partial charge in [0.2, 0.25) is 21.9 Å². The number of anilines is 2. The van der Waals surface area contributed by atoms with Gasteiger partial charge in [0.05, 0.1) is 18.9 Å². The lowest BCUT2D eigenvalue weighted by Crippen LogP contribution is -2.27. The van der Waals surface area contributed by atoms with Gasteiger partial charge >= 0.3 is 0 Å². The van der Waals surface area contributed by atoms with Gasteiger partial charge in [-0.2, -0.15) is 15.0 Å². The molecule has 0 spiro atoms. The summed E-state index contributed by atoms with van der Waals surface area (Å²) in [6, 6.07) is 4.87. The first-order valence-electron chi connectivity index (χ1n) is 9.62. The van der Waals surface area contributed by atoms with Crippen molar-refractivity contribution in [2.45, 2.75) is 45.1 Å². The molecule has 3 N–H and O–H groups in total. The van der Waals surface area contributed by atoms with Crippen molar-refractivity contribution in [3.05, 3.63) is 40.7 Å². The summed E-state index contributed by atoms with van der Waals surface area (Å²) in [7, 11) is -3.69. The summed E-state index contributed by atoms with van der Waals surface area (Å²) in [5.74, 6) is -3.21. The first-order valence-corrected chi connectivity index (χ1v) is 11.9. The molecule has 172 valence electrons. The predicted molar refractivity (Wildman–Crippen MR) is 116 cm³/mol. The number of benzene rings is 1. The number of hydrogen-bond acceptors (Lipinski definition) is 7. The van der Waals surface area contributed by atoms with E-state index in [2.05, 4.69) is 25.0 Å². The van der Waals surface area contributed by atoms with Crippen LogP contribution < -0.4 is 10.0 Å². The van der Waals surface area contributed by atoms with Gasteiger partial charge in [0, 0.05) is 23.4 Å². The molecule has 12 heteroatoms. The fourth-order valence-corrected chi connectivity index (χ4v) is 3.39. The summed E-state index contributed by atoms with van der Waals surface area (Å²) in [5, 5.41) is 12.8. The van der Waals surface area contributed by atoms with Crippen molar-refractivity contribution in [2.75, 3.05) is 22.9 Å². The average Bonchev–Trinajstić information content (AvgIpc) is 2.64. The Bertz CT molecular complexity index is 975. The lowest BCUT2D eigenvalue weighted by Gasteiger charge is -2.19. The number of aryl methyl sites for hydroxylation is 1. The van der Waals surface area contributed by atoms with E-state index in [0.717, 1.165) is 6.26 Å². The number of aliphatic hydroxyl groups is 1. The van der Waals surface area contributed by atoms with Gasteiger partial charge in [-0.1, -0.05) is 37.6 Å². The van der Waals surface area contributed by atoms with E-state index in [0.29, 0.717) is 11.4 Å². The highest BCUT2D eigenvalue weighted by atomic mass is 35.5. The van der Waals surface area contributed by atoms with Crippen LogP contribution in [0.2, 0.25) is 5.02 Å². The molecule has 0 bridgehead atoms. The Morgan fingerprint density at radius 3 is 2.29 bits per heavy atom. The molecule has 0 aliphatic heterocycles. The lowest BCUT2D eigenvalue weighted by molar-refractivity contribution is -0.0135. The summed E-state index contributed by atoms with van der Waals surface area (Å²) in [4.78, 5) is 12.1. The molecule has 0 saturated heterocycles. The van der Waals surface area contributed by atoms with Gasteiger partial charge in [0.25, 0.3) is 5.92 Å². The molecule has 2 rings (SSSR count). The fourth-order valence-electron chi connectivity index (χ4n) is 2.85. The van der Waals surface area contributed by atoms with Crippen LogP contribution >= 0.6 is 11.6 Å². The molecular weight excluding hydrogens is 452 g/mol. The van der Waals surface area contributed by atoms with Crippen LogP contribution in [0, 0.1) is 5.92 Å². The van der Waals surface area contributed by atoms with Crippen LogP contribution in [0.15, 0.2) is 24.3 Å². The average molecular weight is 478 g/mol. The van der Waals surface area contributed by atoms with Crippen LogP contribution in [0.5, 0.6) is 0 Å². The molecule has 0 radical (unpaired) electrons. The molecule has 1 heterocycles. The number of alkyl halides is 2. The van der Waals surface area contributed by atoms with Crippen LogP contribution in [0.3, 0.4) is 0 Å². The van der Waals surface area contributed by atoms with Crippen molar-refractivity contribution in [3.8, 4) is 0 Å². The molecule has 1 aromatic carbocycles. The second-order valence-electron chi connectivity index (χ2n) is 7.64. The summed E-state index contributed by atoms with van der Waals surface area (Å²) in [6.45, 7) is 3.74. The summed E-state index contributed by atoms with van der Waals surface area (Å²) < 4.78 is 54.4. The Kier molecular flexibility index (Phi) is 8.49. The minimum absolute atomic E-state index is 0.00865. The molecular formula is C19H26ClF2N5O3S. The number of nitrogens with zero attached hydrogens (tertiary/aromatic N) is 3. The zero-order chi connectivity index (χ0) is 23.2. The molecule has 0 fully saturated rings. The van der Waals surface area contributed by atoms with E-state index in [1.807, 2.05) is 13.8 Å². The Morgan fingerprint density at radius 1 is 1.13 bits per heavy atom. The maximum atomic E-state index is 14.6. The number of rotatable bonds is 11. The third kappa shape index (κ3) is 8.50. The molecule has 1 atom stereocenters. The van der Waals surface area contributed by atoms with E-state index >= 15 is 0 Å². The number of halogens is 3. The maximum absolute atomic E-state index is 14.6. The topological polar surface area (TPSA) is 117 Å². The van der Waals surface area contributed by atoms with E-state index in [-0.39, 0.29) is 42.2 Å². The highest BCUT2D eigenvalue weighted by molar-refractivity contribution is 7.91. The van der Waals surface area contributed by atoms with Gasteiger partial charge in [-0.05, 0) is 24.5 Å². The third-order valence-electron chi connectivity index (χ3n) is 4.20. The van der Waals surface area contributed by atoms with Crippen molar-refractivity contribution >= 4 is 33.5 Å². The molecule has 1 aromatic heterocycles. The van der Waals surface area contributed by atoms with E-state index in [4.69, 9.17) is 11.6 Å². The van der Waals surface area contributed by atoms with Gasteiger partial charge in [0.1, 0.15) is 5.82 Å². The molecule has 0 amide bonds. The van der Waals surface area contributed by atoms with Crippen molar-refractivity contribution < 1.29 is 22.3 Å². The number of sulfonamides is 1. The highest BCUT2D eigenvalue weighted by Crippen LogP contribution is 2.33. The van der Waals surface area contributed by atoms with Crippen molar-refractivity contribution in [3.63, 3.8) is 0 Å². The van der Waals surface area contributed by atoms with E-state index < -0.39 is 28.4 Å². The first-order chi connectivity index (χ1) is 14.4. The molecule has 0 aliphatic carbocycles. The summed E-state index contributed by atoms with van der Waals surface area (Å²) in [5.41, 5.74) is -0.198. The molecule has 2 aromatic rings. The number of hydrogen-bond donors (Lipinski definition) is 3. The Morgan fingerprint density at radius 2 is 1.74 bits per heavy atom. The van der Waals surface area contributed by atoms with Gasteiger partial charge < -0.3 is 10.4 Å². The highest BCUT2D eigenvalue weighted by Gasteiger charge is 2.31. The van der Waals surface area contributed by atoms with Gasteiger partial charge in [0.15, 0.2) is 0 Å². The maximum Gasteiger partial charge on any atom is 0.273 e. The lowest BCUT2D eigenvalue weighted by atomic mass is 10.0. The Balaban J connectivity index is 2.25. The third-order valence-corrected chi connectivity index (χ3v) is 5.00. The summed E-state index contributed by atoms with van der Waals surface area (Å²) >= 11 is 5.75. The van der Waals surface area contributed by atoms with Gasteiger partial charge in [-0.25, -0.2) is 17.2 Å². The molecule has 0 aliphatic rings. The Labute approximate surface area is 185 Å².